The van der Waals surface area contributed by atoms with Crippen molar-refractivity contribution in [1.29, 1.82) is 0 Å². The van der Waals surface area contributed by atoms with Gasteiger partial charge in [0, 0.05) is 17.1 Å². The minimum absolute atomic E-state index is 0.132. The lowest BCUT2D eigenvalue weighted by atomic mass is 9.85. The van der Waals surface area contributed by atoms with Crippen LogP contribution < -0.4 is 5.73 Å². The van der Waals surface area contributed by atoms with Gasteiger partial charge in [0.05, 0.1) is 5.52 Å². The number of carbonyl (C=O) groups is 1. The molecule has 1 atom stereocenters. The number of Topliss-reactive ketones (excluding diaryl/α,β-unsaturated/α-hetero) is 1. The largest absolute Gasteiger partial charge is 0.315 e. The molecule has 0 saturated carbocycles. The fourth-order valence-corrected chi connectivity index (χ4v) is 2.41. The standard InChI is InChI=1S/C18H16N2O/c1-18(19,15-8-3-2-4-9-15)17(21)14-11-13-7-5-6-10-16(13)20-12-14/h2-12H,19H2,1H3. The number of carbonyl (C=O) groups excluding carboxylic acids is 1. The highest BCUT2D eigenvalue weighted by atomic mass is 16.1. The van der Waals surface area contributed by atoms with E-state index in [0.717, 1.165) is 16.5 Å². The molecule has 2 aromatic carbocycles. The summed E-state index contributed by atoms with van der Waals surface area (Å²) < 4.78 is 0. The van der Waals surface area contributed by atoms with E-state index >= 15 is 0 Å². The summed E-state index contributed by atoms with van der Waals surface area (Å²) in [6.45, 7) is 1.74. The molecule has 3 rings (SSSR count). The van der Waals surface area contributed by atoms with Crippen LogP contribution in [0.4, 0.5) is 0 Å². The van der Waals surface area contributed by atoms with Crippen molar-refractivity contribution in [3.63, 3.8) is 0 Å². The van der Waals surface area contributed by atoms with Gasteiger partial charge < -0.3 is 5.73 Å². The number of hydrogen-bond acceptors (Lipinski definition) is 3. The average molecular weight is 276 g/mol. The molecule has 0 saturated heterocycles. The quantitative estimate of drug-likeness (QED) is 0.747. The van der Waals surface area contributed by atoms with Crippen molar-refractivity contribution in [1.82, 2.24) is 4.98 Å². The van der Waals surface area contributed by atoms with Crippen LogP contribution in [0, 0.1) is 0 Å². The number of fused-ring (bicyclic) bond motifs is 1. The second kappa shape index (κ2) is 5.11. The van der Waals surface area contributed by atoms with Gasteiger partial charge in [-0.3, -0.25) is 9.78 Å². The lowest BCUT2D eigenvalue weighted by Crippen LogP contribution is -2.41. The van der Waals surface area contributed by atoms with Crippen molar-refractivity contribution in [3.05, 3.63) is 78.0 Å². The molecular formula is C18H16N2O. The van der Waals surface area contributed by atoms with Gasteiger partial charge in [-0.15, -0.1) is 0 Å². The second-order valence-electron chi connectivity index (χ2n) is 5.31. The fourth-order valence-electron chi connectivity index (χ4n) is 2.41. The summed E-state index contributed by atoms with van der Waals surface area (Å²) >= 11 is 0. The average Bonchev–Trinajstić information content (AvgIpc) is 2.54. The van der Waals surface area contributed by atoms with Crippen molar-refractivity contribution in [2.45, 2.75) is 12.5 Å². The normalized spacial score (nSPS) is 13.8. The van der Waals surface area contributed by atoms with Gasteiger partial charge in [0.15, 0.2) is 5.78 Å². The second-order valence-corrected chi connectivity index (χ2v) is 5.31. The summed E-state index contributed by atoms with van der Waals surface area (Å²) in [5.41, 5.74) is 7.41. The molecule has 3 aromatic rings. The highest BCUT2D eigenvalue weighted by molar-refractivity contribution is 6.05. The van der Waals surface area contributed by atoms with Gasteiger partial charge in [-0.25, -0.2) is 0 Å². The molecule has 0 aliphatic carbocycles. The van der Waals surface area contributed by atoms with Crippen molar-refractivity contribution < 1.29 is 4.79 Å². The smallest absolute Gasteiger partial charge is 0.188 e. The summed E-state index contributed by atoms with van der Waals surface area (Å²) in [7, 11) is 0. The van der Waals surface area contributed by atoms with Crippen LogP contribution in [0.1, 0.15) is 22.8 Å². The molecular weight excluding hydrogens is 260 g/mol. The van der Waals surface area contributed by atoms with Gasteiger partial charge in [0.2, 0.25) is 0 Å². The molecule has 21 heavy (non-hydrogen) atoms. The highest BCUT2D eigenvalue weighted by Crippen LogP contribution is 2.24. The minimum Gasteiger partial charge on any atom is -0.315 e. The van der Waals surface area contributed by atoms with E-state index in [9.17, 15) is 4.79 Å². The monoisotopic (exact) mass is 276 g/mol. The summed E-state index contributed by atoms with van der Waals surface area (Å²) in [5, 5.41) is 0.937. The lowest BCUT2D eigenvalue weighted by Gasteiger charge is -2.23. The Labute approximate surface area is 123 Å². The molecule has 0 amide bonds. The maximum atomic E-state index is 12.7. The summed E-state index contributed by atoms with van der Waals surface area (Å²) in [6.07, 6.45) is 1.60. The Morgan fingerprint density at radius 3 is 2.48 bits per heavy atom. The van der Waals surface area contributed by atoms with E-state index in [4.69, 9.17) is 5.73 Å². The first-order valence-corrected chi connectivity index (χ1v) is 6.83. The van der Waals surface area contributed by atoms with Crippen LogP contribution in [0.3, 0.4) is 0 Å². The van der Waals surface area contributed by atoms with E-state index in [-0.39, 0.29) is 5.78 Å². The number of hydrogen-bond donors (Lipinski definition) is 1. The first-order valence-electron chi connectivity index (χ1n) is 6.83. The number of para-hydroxylation sites is 1. The van der Waals surface area contributed by atoms with E-state index in [1.54, 1.807) is 13.1 Å². The molecule has 2 N–H and O–H groups in total. The number of aromatic nitrogens is 1. The van der Waals surface area contributed by atoms with Crippen LogP contribution >= 0.6 is 0 Å². The summed E-state index contributed by atoms with van der Waals surface area (Å²) in [4.78, 5) is 17.1. The maximum absolute atomic E-state index is 12.7. The predicted molar refractivity (Wildman–Crippen MR) is 84.1 cm³/mol. The first-order chi connectivity index (χ1) is 10.1. The van der Waals surface area contributed by atoms with Crippen molar-refractivity contribution >= 4 is 16.7 Å². The van der Waals surface area contributed by atoms with Crippen LogP contribution in [0.15, 0.2) is 66.9 Å². The maximum Gasteiger partial charge on any atom is 0.188 e. The molecule has 3 nitrogen and oxygen atoms in total. The highest BCUT2D eigenvalue weighted by Gasteiger charge is 2.31. The molecule has 0 aliphatic rings. The van der Waals surface area contributed by atoms with Gasteiger partial charge in [-0.05, 0) is 24.6 Å². The zero-order valence-electron chi connectivity index (χ0n) is 11.8. The summed E-state index contributed by atoms with van der Waals surface area (Å²) in [6, 6.07) is 19.0. The van der Waals surface area contributed by atoms with Crippen LogP contribution in [0.25, 0.3) is 10.9 Å². The molecule has 104 valence electrons. The lowest BCUT2D eigenvalue weighted by molar-refractivity contribution is 0.0899. The topological polar surface area (TPSA) is 56.0 Å². The number of ketones is 1. The van der Waals surface area contributed by atoms with Crippen molar-refractivity contribution in [2.24, 2.45) is 5.73 Å². The molecule has 0 bridgehead atoms. The first kappa shape index (κ1) is 13.5. The zero-order chi connectivity index (χ0) is 14.9. The molecule has 1 heterocycles. The minimum atomic E-state index is -1.06. The number of nitrogens with zero attached hydrogens (tertiary/aromatic N) is 1. The molecule has 3 heteroatoms. The van der Waals surface area contributed by atoms with Gasteiger partial charge in [-0.2, -0.15) is 0 Å². The molecule has 0 aliphatic heterocycles. The Bertz CT molecular complexity index is 794. The third-order valence-electron chi connectivity index (χ3n) is 3.70. The Morgan fingerprint density at radius 1 is 1.05 bits per heavy atom. The van der Waals surface area contributed by atoms with Crippen molar-refractivity contribution in [3.8, 4) is 0 Å². The molecule has 0 radical (unpaired) electrons. The molecule has 1 aromatic heterocycles. The van der Waals surface area contributed by atoms with Crippen LogP contribution in [-0.2, 0) is 5.54 Å². The Balaban J connectivity index is 2.03. The molecule has 0 fully saturated rings. The van der Waals surface area contributed by atoms with E-state index < -0.39 is 5.54 Å². The number of benzene rings is 2. The third kappa shape index (κ3) is 2.43. The zero-order valence-corrected chi connectivity index (χ0v) is 11.8. The van der Waals surface area contributed by atoms with E-state index in [2.05, 4.69) is 4.98 Å². The SMILES string of the molecule is CC(N)(C(=O)c1cnc2ccccc2c1)c1ccccc1. The van der Waals surface area contributed by atoms with Gasteiger partial charge in [-0.1, -0.05) is 48.5 Å². The van der Waals surface area contributed by atoms with E-state index in [1.165, 1.54) is 0 Å². The van der Waals surface area contributed by atoms with Gasteiger partial charge in [0.1, 0.15) is 5.54 Å². The Morgan fingerprint density at radius 2 is 1.71 bits per heavy atom. The molecule has 0 spiro atoms. The predicted octanol–water partition coefficient (Wildman–Crippen LogP) is 3.29. The third-order valence-corrected chi connectivity index (χ3v) is 3.70. The van der Waals surface area contributed by atoms with Crippen LogP contribution in [0.5, 0.6) is 0 Å². The van der Waals surface area contributed by atoms with E-state index in [1.807, 2.05) is 60.7 Å². The van der Waals surface area contributed by atoms with Crippen LogP contribution in [0.2, 0.25) is 0 Å². The van der Waals surface area contributed by atoms with Gasteiger partial charge in [0.25, 0.3) is 0 Å². The number of rotatable bonds is 3. The van der Waals surface area contributed by atoms with E-state index in [0.29, 0.717) is 5.56 Å². The Hall–Kier alpha value is -2.52. The van der Waals surface area contributed by atoms with Gasteiger partial charge >= 0.3 is 0 Å². The number of nitrogens with two attached hydrogens (primary N) is 1. The summed E-state index contributed by atoms with van der Waals surface area (Å²) in [5.74, 6) is -0.132. The van der Waals surface area contributed by atoms with Crippen LogP contribution in [-0.4, -0.2) is 10.8 Å². The fraction of sp³-hybridized carbons (Fsp3) is 0.111. The number of pyridine rings is 1. The van der Waals surface area contributed by atoms with Crippen molar-refractivity contribution in [2.75, 3.05) is 0 Å². The molecule has 1 unspecified atom stereocenters. The Kier molecular flexibility index (Phi) is 3.28.